The fourth-order valence-corrected chi connectivity index (χ4v) is 9.97. The van der Waals surface area contributed by atoms with Crippen LogP contribution in [0.5, 0.6) is 0 Å². The minimum Gasteiger partial charge on any atom is -0.454 e. The molecule has 1 saturated heterocycles. The summed E-state index contributed by atoms with van der Waals surface area (Å²) in [5.74, 6) is -1.20. The van der Waals surface area contributed by atoms with E-state index >= 15 is 0 Å². The molecule has 0 saturated carbocycles. The van der Waals surface area contributed by atoms with Gasteiger partial charge in [0.1, 0.15) is 24.4 Å². The van der Waals surface area contributed by atoms with Crippen molar-refractivity contribution in [1.82, 2.24) is 5.32 Å². The molecule has 0 aromatic heterocycles. The minimum absolute atomic E-state index is 0.110. The third kappa shape index (κ3) is 42.2. The van der Waals surface area contributed by atoms with Crippen LogP contribution in [-0.4, -0.2) is 99.6 Å². The topological polar surface area (TPSA) is 175 Å². The third-order valence-electron chi connectivity index (χ3n) is 15.2. The van der Waals surface area contributed by atoms with Crippen LogP contribution in [0.15, 0.2) is 60.8 Å². The van der Waals surface area contributed by atoms with Crippen molar-refractivity contribution in [2.75, 3.05) is 13.2 Å². The number of allylic oxidation sites excluding steroid dienone is 9. The summed E-state index contributed by atoms with van der Waals surface area (Å²) in [6, 6.07) is -1.03. The summed E-state index contributed by atoms with van der Waals surface area (Å²) in [6.45, 7) is 5.74. The highest BCUT2D eigenvalue weighted by molar-refractivity contribution is 5.80. The highest BCUT2D eigenvalue weighted by Crippen LogP contribution is 2.26. The molecule has 11 nitrogen and oxygen atoms in total. The molecule has 0 radical (unpaired) electrons. The maximum Gasteiger partial charge on any atom is 0.306 e. The van der Waals surface area contributed by atoms with Gasteiger partial charge in [-0.3, -0.25) is 9.59 Å². The van der Waals surface area contributed by atoms with E-state index in [-0.39, 0.29) is 19.4 Å². The Morgan fingerprint density at radius 2 is 0.923 bits per heavy atom. The van der Waals surface area contributed by atoms with Crippen molar-refractivity contribution in [3.8, 4) is 0 Å². The lowest BCUT2D eigenvalue weighted by atomic mass is 9.99. The number of amides is 1. The Labute approximate surface area is 478 Å². The first-order chi connectivity index (χ1) is 38.2. The van der Waals surface area contributed by atoms with Gasteiger partial charge in [0.25, 0.3) is 0 Å². The second-order valence-corrected chi connectivity index (χ2v) is 22.5. The Kier molecular flexibility index (Phi) is 51.7. The molecule has 1 fully saturated rings. The van der Waals surface area contributed by atoms with E-state index in [2.05, 4.69) is 74.7 Å². The predicted octanol–water partition coefficient (Wildman–Crippen LogP) is 15.8. The van der Waals surface area contributed by atoms with Crippen LogP contribution in [0.2, 0.25) is 0 Å². The zero-order chi connectivity index (χ0) is 56.8. The zero-order valence-corrected chi connectivity index (χ0v) is 50.3. The number of esters is 1. The molecule has 0 aromatic carbocycles. The molecule has 6 N–H and O–H groups in total. The van der Waals surface area contributed by atoms with Gasteiger partial charge in [-0.25, -0.2) is 0 Å². The Morgan fingerprint density at radius 1 is 0.513 bits per heavy atom. The molecule has 78 heavy (non-hydrogen) atoms. The molecule has 0 aromatic rings. The molecule has 1 aliphatic heterocycles. The number of rotatable bonds is 55. The minimum atomic E-state index is -1.62. The predicted molar refractivity (Wildman–Crippen MR) is 324 cm³/mol. The summed E-state index contributed by atoms with van der Waals surface area (Å²) in [5, 5.41) is 57.0. The molecule has 0 aliphatic carbocycles. The van der Waals surface area contributed by atoms with Crippen LogP contribution in [0.3, 0.4) is 0 Å². The molecule has 8 unspecified atom stereocenters. The summed E-state index contributed by atoms with van der Waals surface area (Å²) >= 11 is 0. The van der Waals surface area contributed by atoms with E-state index in [9.17, 15) is 35.1 Å². The third-order valence-corrected chi connectivity index (χ3v) is 15.2. The monoisotopic (exact) mass is 1100 g/mol. The maximum absolute atomic E-state index is 13.4. The van der Waals surface area contributed by atoms with Gasteiger partial charge < -0.3 is 45.1 Å². The second-order valence-electron chi connectivity index (χ2n) is 22.5. The molecule has 8 atom stereocenters. The van der Waals surface area contributed by atoms with Crippen LogP contribution >= 0.6 is 0 Å². The van der Waals surface area contributed by atoms with Crippen LogP contribution in [0, 0.1) is 0 Å². The first-order valence-corrected chi connectivity index (χ1v) is 32.6. The van der Waals surface area contributed by atoms with E-state index in [1.54, 1.807) is 6.08 Å². The van der Waals surface area contributed by atoms with Gasteiger partial charge in [-0.15, -0.1) is 0 Å². The van der Waals surface area contributed by atoms with Crippen LogP contribution in [0.25, 0.3) is 0 Å². The van der Waals surface area contributed by atoms with Crippen molar-refractivity contribution in [2.45, 2.75) is 339 Å². The van der Waals surface area contributed by atoms with Crippen LogP contribution < -0.4 is 5.32 Å². The normalized spacial score (nSPS) is 19.3. The smallest absolute Gasteiger partial charge is 0.306 e. The van der Waals surface area contributed by atoms with Gasteiger partial charge in [0.05, 0.1) is 25.4 Å². The Morgan fingerprint density at radius 3 is 1.41 bits per heavy atom. The van der Waals surface area contributed by atoms with Gasteiger partial charge in [-0.05, 0) is 83.5 Å². The van der Waals surface area contributed by atoms with Crippen LogP contribution in [0.1, 0.15) is 290 Å². The highest BCUT2D eigenvalue weighted by Gasteiger charge is 2.47. The number of hydrogen-bond donors (Lipinski definition) is 6. The molecule has 1 aliphatic rings. The SMILES string of the molecule is CCCCC/C=C\C/C=C\CCCCCCCCCCCCCCC(O)C(=O)NC(COC1OC(CO)C(O)C(O)C1OC(=O)CCCCCCCC/C=C/C=C/CCCCC)C(O)/C=C/CCCCCCCCCCCC. The Balaban J connectivity index is 2.63. The first kappa shape index (κ1) is 73.4. The van der Waals surface area contributed by atoms with Crippen molar-refractivity contribution < 1.29 is 49.3 Å². The number of carbonyl (C=O) groups is 2. The van der Waals surface area contributed by atoms with E-state index < -0.39 is 67.4 Å². The van der Waals surface area contributed by atoms with Crippen LogP contribution in [0.4, 0.5) is 0 Å². The average Bonchev–Trinajstić information content (AvgIpc) is 3.44. The maximum atomic E-state index is 13.4. The van der Waals surface area contributed by atoms with Crippen molar-refractivity contribution in [3.63, 3.8) is 0 Å². The van der Waals surface area contributed by atoms with Crippen molar-refractivity contribution in [1.29, 1.82) is 0 Å². The number of nitrogens with one attached hydrogen (secondary N) is 1. The van der Waals surface area contributed by atoms with E-state index in [1.807, 2.05) is 6.08 Å². The number of carbonyl (C=O) groups excluding carboxylic acids is 2. The van der Waals surface area contributed by atoms with E-state index in [4.69, 9.17) is 14.2 Å². The molecular weight excluding hydrogens is 979 g/mol. The van der Waals surface area contributed by atoms with Gasteiger partial charge in [-0.1, -0.05) is 261 Å². The van der Waals surface area contributed by atoms with Crippen molar-refractivity contribution in [3.05, 3.63) is 60.8 Å². The van der Waals surface area contributed by atoms with Gasteiger partial charge >= 0.3 is 5.97 Å². The van der Waals surface area contributed by atoms with Gasteiger partial charge in [0.15, 0.2) is 12.4 Å². The Hall–Kier alpha value is -2.64. The highest BCUT2D eigenvalue weighted by atomic mass is 16.7. The lowest BCUT2D eigenvalue weighted by Gasteiger charge is -2.41. The molecule has 454 valence electrons. The molecule has 1 rings (SSSR count). The Bertz CT molecular complexity index is 1500. The van der Waals surface area contributed by atoms with E-state index in [0.29, 0.717) is 12.8 Å². The molecule has 0 spiro atoms. The van der Waals surface area contributed by atoms with Crippen LogP contribution in [-0.2, 0) is 23.8 Å². The quantitative estimate of drug-likeness (QED) is 0.0149. The van der Waals surface area contributed by atoms with Gasteiger partial charge in [-0.2, -0.15) is 0 Å². The second kappa shape index (κ2) is 54.9. The van der Waals surface area contributed by atoms with Crippen molar-refractivity contribution in [2.24, 2.45) is 0 Å². The lowest BCUT2D eigenvalue weighted by molar-refractivity contribution is -0.305. The fourth-order valence-electron chi connectivity index (χ4n) is 9.97. The molecule has 1 heterocycles. The average molecular weight is 1100 g/mol. The number of aliphatic hydroxyl groups is 5. The van der Waals surface area contributed by atoms with E-state index in [0.717, 1.165) is 89.9 Å². The van der Waals surface area contributed by atoms with Crippen molar-refractivity contribution >= 4 is 11.9 Å². The number of unbranched alkanes of at least 4 members (excludes halogenated alkanes) is 34. The molecular formula is C67H121NO10. The number of aliphatic hydroxyl groups excluding tert-OH is 5. The summed E-state index contributed by atoms with van der Waals surface area (Å²) in [5.41, 5.74) is 0. The van der Waals surface area contributed by atoms with E-state index in [1.165, 1.54) is 154 Å². The number of ether oxygens (including phenoxy) is 3. The molecule has 1 amide bonds. The lowest BCUT2D eigenvalue weighted by Crippen LogP contribution is -2.61. The standard InChI is InChI=1S/C67H121NO10/c1-4-7-10-13-16-19-22-25-27-28-29-30-31-32-33-35-36-39-42-45-48-51-54-60(71)66(75)68-58(59(70)53-50-47-44-41-38-24-21-18-15-12-9-6-3)57-76-67-65(64(74)63(73)61(56-69)77-67)78-62(72)55-52-49-46-43-40-37-34-26-23-20-17-14-11-8-5-2/h16-17,19-20,23,25-27,50,53,58-61,63-65,67,69-71,73-74H,4-15,18,21-22,24,28-49,51-52,54-57H2,1-3H3,(H,68,75)/b19-16-,20-17+,26-23+,27-25-,53-50+. The summed E-state index contributed by atoms with van der Waals surface area (Å²) in [6.07, 6.45) is 58.3. The van der Waals surface area contributed by atoms with Gasteiger partial charge in [0, 0.05) is 6.42 Å². The molecule has 11 heteroatoms. The zero-order valence-electron chi connectivity index (χ0n) is 50.3. The van der Waals surface area contributed by atoms with Gasteiger partial charge in [0.2, 0.25) is 5.91 Å². The fraction of sp³-hybridized carbons (Fsp3) is 0.821. The summed E-state index contributed by atoms with van der Waals surface area (Å²) in [4.78, 5) is 26.6. The summed E-state index contributed by atoms with van der Waals surface area (Å²) in [7, 11) is 0. The molecule has 0 bridgehead atoms. The first-order valence-electron chi connectivity index (χ1n) is 32.6. The number of hydrogen-bond acceptors (Lipinski definition) is 10. The largest absolute Gasteiger partial charge is 0.454 e. The summed E-state index contributed by atoms with van der Waals surface area (Å²) < 4.78 is 17.6.